The van der Waals surface area contributed by atoms with E-state index in [4.69, 9.17) is 10.8 Å². The van der Waals surface area contributed by atoms with Gasteiger partial charge >= 0.3 is 12.0 Å². The molecule has 0 radical (unpaired) electrons. The molecule has 0 aromatic carbocycles. The molecule has 1 atom stereocenters. The predicted octanol–water partition coefficient (Wildman–Crippen LogP) is -0.222. The number of amides is 3. The van der Waals surface area contributed by atoms with Gasteiger partial charge in [0.05, 0.1) is 5.75 Å². The van der Waals surface area contributed by atoms with Gasteiger partial charge in [0.15, 0.2) is 0 Å². The Hall–Kier alpha value is -1.24. The lowest BCUT2D eigenvalue weighted by Gasteiger charge is -2.07. The summed E-state index contributed by atoms with van der Waals surface area (Å²) in [4.78, 5) is 31.6. The van der Waals surface area contributed by atoms with Crippen LogP contribution in [-0.4, -0.2) is 34.0 Å². The van der Waals surface area contributed by atoms with E-state index in [9.17, 15) is 14.4 Å². The Kier molecular flexibility index (Phi) is 5.70. The van der Waals surface area contributed by atoms with Crippen molar-refractivity contribution >= 4 is 29.7 Å². The molecule has 0 aromatic rings. The Bertz CT molecular complexity index is 244. The van der Waals surface area contributed by atoms with Gasteiger partial charge in [-0.05, 0) is 6.42 Å². The summed E-state index contributed by atoms with van der Waals surface area (Å²) in [6, 6.07) is -0.932. The van der Waals surface area contributed by atoms with Crippen LogP contribution in [0.25, 0.3) is 0 Å². The number of nitrogens with one attached hydrogen (secondary N) is 1. The summed E-state index contributed by atoms with van der Waals surface area (Å²) in [5.74, 6) is -1.64. The topological polar surface area (TPSA) is 109 Å². The Labute approximate surface area is 85.2 Å². The minimum absolute atomic E-state index is 0.0895. The summed E-state index contributed by atoms with van der Waals surface area (Å²) in [6.45, 7) is 1.71. The number of hydrogen-bond acceptors (Lipinski definition) is 4. The second kappa shape index (κ2) is 6.25. The highest BCUT2D eigenvalue weighted by molar-refractivity contribution is 8.01. The maximum absolute atomic E-state index is 10.9. The average molecular weight is 220 g/mol. The smallest absolute Gasteiger partial charge is 0.318 e. The first kappa shape index (κ1) is 12.8. The third-order valence-corrected chi connectivity index (χ3v) is 2.69. The van der Waals surface area contributed by atoms with E-state index in [0.717, 1.165) is 11.8 Å². The van der Waals surface area contributed by atoms with Crippen LogP contribution in [0.4, 0.5) is 4.79 Å². The summed E-state index contributed by atoms with van der Waals surface area (Å²) in [6.07, 6.45) is 0.420. The molecule has 0 spiro atoms. The normalized spacial score (nSPS) is 11.8. The van der Waals surface area contributed by atoms with Gasteiger partial charge in [0.25, 0.3) is 0 Å². The van der Waals surface area contributed by atoms with Crippen LogP contribution in [-0.2, 0) is 9.59 Å². The number of rotatable bonds is 5. The van der Waals surface area contributed by atoms with Crippen molar-refractivity contribution in [3.8, 4) is 0 Å². The van der Waals surface area contributed by atoms with Crippen LogP contribution in [0.2, 0.25) is 0 Å². The summed E-state index contributed by atoms with van der Waals surface area (Å²) >= 11 is 0.960. The fraction of sp³-hybridized carbons (Fsp3) is 0.571. The first-order valence-electron chi connectivity index (χ1n) is 3.91. The van der Waals surface area contributed by atoms with Gasteiger partial charge in [-0.1, -0.05) is 6.92 Å². The van der Waals surface area contributed by atoms with Crippen molar-refractivity contribution in [2.45, 2.75) is 18.6 Å². The molecular weight excluding hydrogens is 208 g/mol. The Morgan fingerprint density at radius 3 is 2.43 bits per heavy atom. The molecule has 0 aliphatic rings. The van der Waals surface area contributed by atoms with Crippen molar-refractivity contribution in [1.82, 2.24) is 5.32 Å². The van der Waals surface area contributed by atoms with Gasteiger partial charge < -0.3 is 10.8 Å². The number of hydrogen-bond donors (Lipinski definition) is 3. The number of carboxylic acids is 1. The number of urea groups is 1. The minimum Gasteiger partial charge on any atom is -0.480 e. The van der Waals surface area contributed by atoms with E-state index in [-0.39, 0.29) is 5.75 Å². The molecule has 0 aliphatic heterocycles. The number of carboxylic acid groups (broad SMARTS) is 1. The number of imide groups is 1. The first-order chi connectivity index (χ1) is 6.47. The highest BCUT2D eigenvalue weighted by Crippen LogP contribution is 2.13. The molecule has 3 amide bonds. The van der Waals surface area contributed by atoms with Crippen LogP contribution in [0.5, 0.6) is 0 Å². The van der Waals surface area contributed by atoms with Crippen LogP contribution < -0.4 is 11.1 Å². The SMILES string of the molecule is CCC(SCC(=O)NC(N)=O)C(=O)O. The van der Waals surface area contributed by atoms with Crippen LogP contribution in [0.15, 0.2) is 0 Å². The Morgan fingerprint density at radius 2 is 2.07 bits per heavy atom. The van der Waals surface area contributed by atoms with Gasteiger partial charge in [0.2, 0.25) is 5.91 Å². The van der Waals surface area contributed by atoms with E-state index in [1.807, 2.05) is 5.32 Å². The predicted molar refractivity (Wildman–Crippen MR) is 51.9 cm³/mol. The molecule has 0 saturated heterocycles. The lowest BCUT2D eigenvalue weighted by Crippen LogP contribution is -2.36. The summed E-state index contributed by atoms with van der Waals surface area (Å²) in [7, 11) is 0. The Morgan fingerprint density at radius 1 is 1.50 bits per heavy atom. The fourth-order valence-electron chi connectivity index (χ4n) is 0.714. The quantitative estimate of drug-likeness (QED) is 0.593. The molecule has 0 aliphatic carbocycles. The Balaban J connectivity index is 3.85. The van der Waals surface area contributed by atoms with E-state index in [1.165, 1.54) is 0 Å². The fourth-order valence-corrected chi connectivity index (χ4v) is 1.52. The van der Waals surface area contributed by atoms with Crippen molar-refractivity contribution in [3.63, 3.8) is 0 Å². The lowest BCUT2D eigenvalue weighted by molar-refractivity contribution is -0.136. The van der Waals surface area contributed by atoms with Gasteiger partial charge in [-0.25, -0.2) is 4.79 Å². The van der Waals surface area contributed by atoms with E-state index >= 15 is 0 Å². The molecule has 0 aromatic heterocycles. The number of primary amides is 1. The molecule has 14 heavy (non-hydrogen) atoms. The summed E-state index contributed by atoms with van der Waals surface area (Å²) in [5, 5.41) is 9.84. The van der Waals surface area contributed by atoms with Gasteiger partial charge in [-0.2, -0.15) is 0 Å². The van der Waals surface area contributed by atoms with E-state index < -0.39 is 23.2 Å². The zero-order chi connectivity index (χ0) is 11.1. The van der Waals surface area contributed by atoms with Gasteiger partial charge in [-0.15, -0.1) is 11.8 Å². The van der Waals surface area contributed by atoms with Crippen molar-refractivity contribution in [1.29, 1.82) is 0 Å². The molecule has 0 bridgehead atoms. The molecule has 0 saturated carbocycles. The average Bonchev–Trinajstić information content (AvgIpc) is 2.03. The molecule has 0 heterocycles. The first-order valence-corrected chi connectivity index (χ1v) is 4.96. The summed E-state index contributed by atoms with van der Waals surface area (Å²) in [5.41, 5.74) is 4.70. The molecular formula is C7H12N2O4S. The monoisotopic (exact) mass is 220 g/mol. The standard InChI is InChI=1S/C7H12N2O4S/c1-2-4(6(11)12)14-3-5(10)9-7(8)13/h4H,2-3H2,1H3,(H,11,12)(H3,8,9,10,13). The molecule has 7 heteroatoms. The largest absolute Gasteiger partial charge is 0.480 e. The highest BCUT2D eigenvalue weighted by Gasteiger charge is 2.17. The van der Waals surface area contributed by atoms with E-state index in [0.29, 0.717) is 6.42 Å². The number of aliphatic carboxylic acids is 1. The molecule has 0 fully saturated rings. The molecule has 6 nitrogen and oxygen atoms in total. The number of carbonyl (C=O) groups is 3. The molecule has 0 rings (SSSR count). The summed E-state index contributed by atoms with van der Waals surface area (Å²) < 4.78 is 0. The van der Waals surface area contributed by atoms with E-state index in [1.54, 1.807) is 6.92 Å². The minimum atomic E-state index is -0.968. The van der Waals surface area contributed by atoms with Gasteiger partial charge in [0.1, 0.15) is 5.25 Å². The molecule has 4 N–H and O–H groups in total. The van der Waals surface area contributed by atoms with E-state index in [2.05, 4.69) is 0 Å². The number of thioether (sulfide) groups is 1. The zero-order valence-electron chi connectivity index (χ0n) is 7.65. The maximum Gasteiger partial charge on any atom is 0.318 e. The van der Waals surface area contributed by atoms with Gasteiger partial charge in [0, 0.05) is 0 Å². The molecule has 1 unspecified atom stereocenters. The number of carbonyl (C=O) groups excluding carboxylic acids is 2. The second-order valence-electron chi connectivity index (χ2n) is 2.46. The lowest BCUT2D eigenvalue weighted by atomic mass is 10.3. The van der Waals surface area contributed by atoms with Crippen molar-refractivity contribution < 1.29 is 19.5 Å². The van der Waals surface area contributed by atoms with Crippen LogP contribution in [0.1, 0.15) is 13.3 Å². The third-order valence-electron chi connectivity index (χ3n) is 1.32. The highest BCUT2D eigenvalue weighted by atomic mass is 32.2. The van der Waals surface area contributed by atoms with Crippen LogP contribution in [0, 0.1) is 0 Å². The third kappa shape index (κ3) is 5.41. The second-order valence-corrected chi connectivity index (χ2v) is 3.65. The van der Waals surface area contributed by atoms with Crippen molar-refractivity contribution in [2.24, 2.45) is 5.73 Å². The van der Waals surface area contributed by atoms with Crippen molar-refractivity contribution in [2.75, 3.05) is 5.75 Å². The van der Waals surface area contributed by atoms with Crippen LogP contribution >= 0.6 is 11.8 Å². The maximum atomic E-state index is 10.9. The van der Waals surface area contributed by atoms with Crippen molar-refractivity contribution in [3.05, 3.63) is 0 Å². The van der Waals surface area contributed by atoms with Crippen LogP contribution in [0.3, 0.4) is 0 Å². The van der Waals surface area contributed by atoms with Gasteiger partial charge in [-0.3, -0.25) is 14.9 Å². The number of nitrogens with two attached hydrogens (primary N) is 1. The zero-order valence-corrected chi connectivity index (χ0v) is 8.47. The molecule has 80 valence electrons.